The van der Waals surface area contributed by atoms with Gasteiger partial charge in [0.05, 0.1) is 5.56 Å². The zero-order valence-electron chi connectivity index (χ0n) is 9.88. The molecule has 0 amide bonds. The van der Waals surface area contributed by atoms with Gasteiger partial charge in [-0.3, -0.25) is 0 Å². The van der Waals surface area contributed by atoms with Crippen LogP contribution in [0.25, 0.3) is 11.1 Å². The Kier molecular flexibility index (Phi) is 2.03. The summed E-state index contributed by atoms with van der Waals surface area (Å²) < 4.78 is 21.6. The second-order valence-electron chi connectivity index (χ2n) is 4.23. The van der Waals surface area contributed by atoms with Gasteiger partial charge >= 0.3 is 0 Å². The van der Waals surface area contributed by atoms with E-state index in [2.05, 4.69) is 0 Å². The van der Waals surface area contributed by atoms with E-state index in [-0.39, 0.29) is 19.3 Å². The molecule has 2 aromatic rings. The van der Waals surface area contributed by atoms with Crippen molar-refractivity contribution < 1.29 is 24.1 Å². The number of ether oxygens (including phenoxy) is 4. The van der Waals surface area contributed by atoms with Crippen LogP contribution >= 0.6 is 0 Å². The standard InChI is InChI=1S/C14H10O5/c15-9-4-5-11-14(19-7-17-11)12(9)8-2-1-3-10-13(8)18-6-16-10/h1-5,15H,6-7H2. The topological polar surface area (TPSA) is 57.2 Å². The Bertz CT molecular complexity index is 665. The molecule has 96 valence electrons. The van der Waals surface area contributed by atoms with Crippen molar-refractivity contribution in [2.24, 2.45) is 0 Å². The first-order valence-electron chi connectivity index (χ1n) is 5.85. The first-order valence-corrected chi connectivity index (χ1v) is 5.85. The van der Waals surface area contributed by atoms with E-state index in [9.17, 15) is 5.11 Å². The number of para-hydroxylation sites is 1. The SMILES string of the molecule is Oc1ccc2c(c1-c1cccc3c1OCO3)OCO2. The molecule has 0 unspecified atom stereocenters. The smallest absolute Gasteiger partial charge is 0.231 e. The molecule has 0 aliphatic carbocycles. The number of phenols is 1. The van der Waals surface area contributed by atoms with Gasteiger partial charge in [-0.2, -0.15) is 0 Å². The first-order chi connectivity index (χ1) is 9.34. The third-order valence-corrected chi connectivity index (χ3v) is 3.18. The summed E-state index contributed by atoms with van der Waals surface area (Å²) in [6, 6.07) is 8.78. The maximum absolute atomic E-state index is 10.1. The second kappa shape index (κ2) is 3.71. The predicted octanol–water partition coefficient (Wildman–Crippen LogP) is 2.52. The Hall–Kier alpha value is -2.56. The summed E-state index contributed by atoms with van der Waals surface area (Å²) in [5.41, 5.74) is 1.30. The minimum atomic E-state index is 0.119. The van der Waals surface area contributed by atoms with Crippen LogP contribution in [0.1, 0.15) is 0 Å². The summed E-state index contributed by atoms with van der Waals surface area (Å²) >= 11 is 0. The molecule has 5 heteroatoms. The molecule has 2 aliphatic heterocycles. The summed E-state index contributed by atoms with van der Waals surface area (Å²) in [6.45, 7) is 0.331. The van der Waals surface area contributed by atoms with E-state index in [0.29, 0.717) is 28.6 Å². The van der Waals surface area contributed by atoms with Gasteiger partial charge in [-0.15, -0.1) is 0 Å². The van der Waals surface area contributed by atoms with Gasteiger partial charge < -0.3 is 24.1 Å². The molecule has 0 radical (unpaired) electrons. The van der Waals surface area contributed by atoms with Crippen LogP contribution in [-0.4, -0.2) is 18.7 Å². The molecular formula is C14H10O5. The van der Waals surface area contributed by atoms with Crippen molar-refractivity contribution in [3.63, 3.8) is 0 Å². The average molecular weight is 258 g/mol. The molecule has 2 aliphatic rings. The zero-order valence-corrected chi connectivity index (χ0v) is 9.88. The van der Waals surface area contributed by atoms with E-state index >= 15 is 0 Å². The van der Waals surface area contributed by atoms with Gasteiger partial charge in [-0.25, -0.2) is 0 Å². The van der Waals surface area contributed by atoms with Crippen molar-refractivity contribution in [2.45, 2.75) is 0 Å². The summed E-state index contributed by atoms with van der Waals surface area (Å²) in [5, 5.41) is 10.1. The predicted molar refractivity (Wildman–Crippen MR) is 65.8 cm³/mol. The Morgan fingerprint density at radius 1 is 0.789 bits per heavy atom. The molecule has 5 nitrogen and oxygen atoms in total. The van der Waals surface area contributed by atoms with Gasteiger partial charge in [0.1, 0.15) is 5.75 Å². The largest absolute Gasteiger partial charge is 0.507 e. The van der Waals surface area contributed by atoms with Crippen LogP contribution in [0.2, 0.25) is 0 Å². The van der Waals surface area contributed by atoms with E-state index in [0.717, 1.165) is 5.56 Å². The van der Waals surface area contributed by atoms with E-state index < -0.39 is 0 Å². The monoisotopic (exact) mass is 258 g/mol. The third kappa shape index (κ3) is 1.41. The second-order valence-corrected chi connectivity index (χ2v) is 4.23. The molecular weight excluding hydrogens is 248 g/mol. The molecule has 0 saturated carbocycles. The molecule has 2 aromatic carbocycles. The van der Waals surface area contributed by atoms with Gasteiger partial charge in [-0.1, -0.05) is 12.1 Å². The Morgan fingerprint density at radius 3 is 2.37 bits per heavy atom. The Morgan fingerprint density at radius 2 is 1.53 bits per heavy atom. The first kappa shape index (κ1) is 10.4. The molecule has 0 fully saturated rings. The maximum atomic E-state index is 10.1. The van der Waals surface area contributed by atoms with Crippen LogP contribution in [0.5, 0.6) is 28.7 Å². The fourth-order valence-corrected chi connectivity index (χ4v) is 2.35. The van der Waals surface area contributed by atoms with Crippen molar-refractivity contribution in [1.82, 2.24) is 0 Å². The summed E-state index contributed by atoms with van der Waals surface area (Å²) in [7, 11) is 0. The zero-order chi connectivity index (χ0) is 12.8. The third-order valence-electron chi connectivity index (χ3n) is 3.18. The highest BCUT2D eigenvalue weighted by atomic mass is 16.7. The molecule has 0 bridgehead atoms. The highest BCUT2D eigenvalue weighted by molar-refractivity contribution is 5.85. The van der Waals surface area contributed by atoms with E-state index in [1.54, 1.807) is 12.1 Å². The van der Waals surface area contributed by atoms with Crippen LogP contribution in [-0.2, 0) is 0 Å². The number of rotatable bonds is 1. The average Bonchev–Trinajstić information content (AvgIpc) is 3.06. The van der Waals surface area contributed by atoms with Crippen LogP contribution in [0.3, 0.4) is 0 Å². The molecule has 19 heavy (non-hydrogen) atoms. The van der Waals surface area contributed by atoms with Crippen molar-refractivity contribution >= 4 is 0 Å². The van der Waals surface area contributed by atoms with Crippen LogP contribution in [0.4, 0.5) is 0 Å². The minimum Gasteiger partial charge on any atom is -0.507 e. The fourth-order valence-electron chi connectivity index (χ4n) is 2.35. The molecule has 0 aromatic heterocycles. The van der Waals surface area contributed by atoms with Gasteiger partial charge in [0.2, 0.25) is 13.6 Å². The molecule has 0 atom stereocenters. The number of aromatic hydroxyl groups is 1. The highest BCUT2D eigenvalue weighted by Crippen LogP contribution is 2.51. The highest BCUT2D eigenvalue weighted by Gasteiger charge is 2.27. The van der Waals surface area contributed by atoms with E-state index in [1.807, 2.05) is 18.2 Å². The van der Waals surface area contributed by atoms with E-state index in [4.69, 9.17) is 18.9 Å². The van der Waals surface area contributed by atoms with Crippen molar-refractivity contribution in [3.8, 4) is 39.9 Å². The lowest BCUT2D eigenvalue weighted by molar-refractivity contribution is 0.173. The molecule has 0 saturated heterocycles. The van der Waals surface area contributed by atoms with Gasteiger partial charge in [-0.05, 0) is 18.2 Å². The Balaban J connectivity index is 1.99. The van der Waals surface area contributed by atoms with Crippen LogP contribution in [0.15, 0.2) is 30.3 Å². The maximum Gasteiger partial charge on any atom is 0.231 e. The molecule has 1 N–H and O–H groups in total. The lowest BCUT2D eigenvalue weighted by Crippen LogP contribution is -1.95. The normalized spacial score (nSPS) is 14.7. The molecule has 2 heterocycles. The lowest BCUT2D eigenvalue weighted by Gasteiger charge is -2.10. The quantitative estimate of drug-likeness (QED) is 0.851. The van der Waals surface area contributed by atoms with Crippen molar-refractivity contribution in [3.05, 3.63) is 30.3 Å². The summed E-state index contributed by atoms with van der Waals surface area (Å²) in [5.74, 6) is 2.54. The number of hydrogen-bond donors (Lipinski definition) is 1. The van der Waals surface area contributed by atoms with Crippen LogP contribution < -0.4 is 18.9 Å². The van der Waals surface area contributed by atoms with Gasteiger partial charge in [0.25, 0.3) is 0 Å². The number of phenolic OH excluding ortho intramolecular Hbond substituents is 1. The minimum absolute atomic E-state index is 0.119. The lowest BCUT2D eigenvalue weighted by atomic mass is 10.0. The van der Waals surface area contributed by atoms with Crippen molar-refractivity contribution in [1.29, 1.82) is 0 Å². The summed E-state index contributed by atoms with van der Waals surface area (Å²) in [4.78, 5) is 0. The number of fused-ring (bicyclic) bond motifs is 2. The number of hydrogen-bond acceptors (Lipinski definition) is 5. The van der Waals surface area contributed by atoms with Gasteiger partial charge in [0, 0.05) is 5.56 Å². The molecule has 0 spiro atoms. The Labute approximate surface area is 108 Å². The van der Waals surface area contributed by atoms with Crippen molar-refractivity contribution in [2.75, 3.05) is 13.6 Å². The summed E-state index contributed by atoms with van der Waals surface area (Å²) in [6.07, 6.45) is 0. The van der Waals surface area contributed by atoms with Crippen LogP contribution in [0, 0.1) is 0 Å². The van der Waals surface area contributed by atoms with E-state index in [1.165, 1.54) is 0 Å². The molecule has 4 rings (SSSR count). The fraction of sp³-hybridized carbons (Fsp3) is 0.143. The number of benzene rings is 2. The van der Waals surface area contributed by atoms with Gasteiger partial charge in [0.15, 0.2) is 23.0 Å².